The van der Waals surface area contributed by atoms with Gasteiger partial charge >= 0.3 is 0 Å². The molecule has 0 heterocycles. The molecule has 0 unspecified atom stereocenters. The average molecular weight is 196 g/mol. The van der Waals surface area contributed by atoms with Crippen LogP contribution in [0.25, 0.3) is 0 Å². The fraction of sp³-hybridized carbons (Fsp3) is 1.00. The third-order valence-electron chi connectivity index (χ3n) is 4.52. The van der Waals surface area contributed by atoms with E-state index in [9.17, 15) is 0 Å². The molecule has 0 atom stereocenters. The highest BCUT2D eigenvalue weighted by molar-refractivity contribution is 5.18. The van der Waals surface area contributed by atoms with Crippen LogP contribution in [0.5, 0.6) is 0 Å². The van der Waals surface area contributed by atoms with Crippen LogP contribution in [0.3, 0.4) is 0 Å². The second-order valence-electron chi connectivity index (χ2n) is 5.76. The van der Waals surface area contributed by atoms with Crippen LogP contribution in [-0.2, 0) is 0 Å². The number of nitrogens with zero attached hydrogens (tertiary/aromatic N) is 1. The highest BCUT2D eigenvalue weighted by Gasteiger charge is 2.62. The summed E-state index contributed by atoms with van der Waals surface area (Å²) in [7, 11) is 2.22. The van der Waals surface area contributed by atoms with E-state index in [4.69, 9.17) is 5.73 Å². The van der Waals surface area contributed by atoms with Gasteiger partial charge in [-0.15, -0.1) is 0 Å². The van der Waals surface area contributed by atoms with E-state index in [1.807, 2.05) is 0 Å². The molecule has 0 spiro atoms. The van der Waals surface area contributed by atoms with Gasteiger partial charge in [0.15, 0.2) is 0 Å². The summed E-state index contributed by atoms with van der Waals surface area (Å²) in [4.78, 5) is 2.44. The summed E-state index contributed by atoms with van der Waals surface area (Å²) >= 11 is 0. The van der Waals surface area contributed by atoms with E-state index in [2.05, 4.69) is 25.8 Å². The van der Waals surface area contributed by atoms with Crippen molar-refractivity contribution in [3.05, 3.63) is 0 Å². The van der Waals surface area contributed by atoms with Crippen molar-refractivity contribution in [3.8, 4) is 0 Å². The van der Waals surface area contributed by atoms with E-state index in [-0.39, 0.29) is 5.54 Å². The third-order valence-corrected chi connectivity index (χ3v) is 4.52. The quantitative estimate of drug-likeness (QED) is 0.728. The van der Waals surface area contributed by atoms with Gasteiger partial charge in [-0.1, -0.05) is 0 Å². The molecule has 82 valence electrons. The Bertz CT molecular complexity index is 214. The Labute approximate surface area is 87.8 Å². The van der Waals surface area contributed by atoms with Crippen molar-refractivity contribution in [1.82, 2.24) is 4.90 Å². The molecule has 2 aliphatic rings. The van der Waals surface area contributed by atoms with Crippen molar-refractivity contribution in [2.45, 2.75) is 57.5 Å². The molecule has 0 aliphatic heterocycles. The second-order valence-corrected chi connectivity index (χ2v) is 5.76. The monoisotopic (exact) mass is 196 g/mol. The van der Waals surface area contributed by atoms with Crippen LogP contribution >= 0.6 is 0 Å². The van der Waals surface area contributed by atoms with E-state index in [1.165, 1.54) is 38.6 Å². The summed E-state index contributed by atoms with van der Waals surface area (Å²) < 4.78 is 0. The number of rotatable bonds is 5. The molecule has 0 aromatic carbocycles. The van der Waals surface area contributed by atoms with Crippen molar-refractivity contribution in [2.75, 3.05) is 13.6 Å². The Balaban J connectivity index is 1.81. The van der Waals surface area contributed by atoms with Gasteiger partial charge in [-0.2, -0.15) is 0 Å². The molecule has 0 saturated heterocycles. The van der Waals surface area contributed by atoms with Gasteiger partial charge in [0.2, 0.25) is 0 Å². The van der Waals surface area contributed by atoms with Gasteiger partial charge in [0.25, 0.3) is 0 Å². The minimum absolute atomic E-state index is 0.255. The maximum atomic E-state index is 6.33. The van der Waals surface area contributed by atoms with E-state index >= 15 is 0 Å². The number of hydrogen-bond donors (Lipinski definition) is 1. The molecular weight excluding hydrogens is 172 g/mol. The van der Waals surface area contributed by atoms with E-state index in [0.717, 1.165) is 0 Å². The lowest BCUT2D eigenvalue weighted by molar-refractivity contribution is 0.226. The minimum Gasteiger partial charge on any atom is -0.325 e. The summed E-state index contributed by atoms with van der Waals surface area (Å²) in [5, 5.41) is 0. The van der Waals surface area contributed by atoms with Gasteiger partial charge in [0, 0.05) is 11.6 Å². The Hall–Kier alpha value is -0.0800. The Morgan fingerprint density at radius 1 is 1.21 bits per heavy atom. The average Bonchev–Trinajstić information content (AvgIpc) is 2.97. The first-order valence-corrected chi connectivity index (χ1v) is 5.98. The number of nitrogens with two attached hydrogens (primary N) is 1. The van der Waals surface area contributed by atoms with Crippen molar-refractivity contribution in [3.63, 3.8) is 0 Å². The van der Waals surface area contributed by atoms with Crippen molar-refractivity contribution in [2.24, 2.45) is 11.1 Å². The molecule has 2 heteroatoms. The van der Waals surface area contributed by atoms with Crippen LogP contribution in [0.15, 0.2) is 0 Å². The minimum atomic E-state index is 0.255. The topological polar surface area (TPSA) is 29.3 Å². The molecule has 2 saturated carbocycles. The van der Waals surface area contributed by atoms with E-state index < -0.39 is 0 Å². The largest absolute Gasteiger partial charge is 0.325 e. The lowest BCUT2D eigenvalue weighted by atomic mass is 9.90. The first-order valence-electron chi connectivity index (χ1n) is 5.98. The molecule has 0 amide bonds. The molecule has 0 aromatic rings. The highest BCUT2D eigenvalue weighted by atomic mass is 15.1. The van der Waals surface area contributed by atoms with Gasteiger partial charge in [-0.3, -0.25) is 0 Å². The fourth-order valence-corrected chi connectivity index (χ4v) is 2.46. The Kier molecular flexibility index (Phi) is 2.39. The Morgan fingerprint density at radius 2 is 1.79 bits per heavy atom. The predicted molar refractivity (Wildman–Crippen MR) is 60.2 cm³/mol. The van der Waals surface area contributed by atoms with Gasteiger partial charge < -0.3 is 10.6 Å². The van der Waals surface area contributed by atoms with Crippen molar-refractivity contribution >= 4 is 0 Å². The van der Waals surface area contributed by atoms with Crippen molar-refractivity contribution in [1.29, 1.82) is 0 Å². The van der Waals surface area contributed by atoms with Gasteiger partial charge in [0.1, 0.15) is 0 Å². The highest BCUT2D eigenvalue weighted by Crippen LogP contribution is 2.64. The normalized spacial score (nSPS) is 27.0. The second kappa shape index (κ2) is 3.21. The van der Waals surface area contributed by atoms with Crippen LogP contribution in [-0.4, -0.2) is 30.1 Å². The zero-order valence-corrected chi connectivity index (χ0v) is 9.84. The first kappa shape index (κ1) is 10.4. The number of hydrogen-bond acceptors (Lipinski definition) is 2. The fourth-order valence-electron chi connectivity index (χ4n) is 2.46. The zero-order valence-electron chi connectivity index (χ0n) is 9.84. The summed E-state index contributed by atoms with van der Waals surface area (Å²) in [5.41, 5.74) is 7.14. The lowest BCUT2D eigenvalue weighted by Crippen LogP contribution is -2.37. The molecule has 2 fully saturated rings. The van der Waals surface area contributed by atoms with E-state index in [0.29, 0.717) is 11.5 Å². The molecule has 2 rings (SSSR count). The van der Waals surface area contributed by atoms with Crippen LogP contribution in [0.2, 0.25) is 0 Å². The molecular formula is C12H24N2. The van der Waals surface area contributed by atoms with Crippen LogP contribution in [0.1, 0.15) is 46.0 Å². The summed E-state index contributed by atoms with van der Waals surface area (Å²) in [6.07, 6.45) is 6.64. The van der Waals surface area contributed by atoms with Crippen LogP contribution < -0.4 is 5.73 Å². The van der Waals surface area contributed by atoms with Crippen molar-refractivity contribution < 1.29 is 0 Å². The molecule has 2 N–H and O–H groups in total. The third kappa shape index (κ3) is 1.70. The first-order chi connectivity index (χ1) is 6.49. The zero-order chi connectivity index (χ0) is 10.4. The SMILES string of the molecule is CC(C)N(C)CCC1(C2(N)CC2)CC1. The van der Waals surface area contributed by atoms with Crippen LogP contribution in [0, 0.1) is 5.41 Å². The molecule has 2 aliphatic carbocycles. The molecule has 2 nitrogen and oxygen atoms in total. The summed E-state index contributed by atoms with van der Waals surface area (Å²) in [6, 6.07) is 0.665. The molecule has 0 radical (unpaired) electrons. The van der Waals surface area contributed by atoms with E-state index in [1.54, 1.807) is 0 Å². The lowest BCUT2D eigenvalue weighted by Gasteiger charge is -2.27. The maximum absolute atomic E-state index is 6.33. The molecule has 0 aromatic heterocycles. The molecule has 14 heavy (non-hydrogen) atoms. The van der Waals surface area contributed by atoms with Gasteiger partial charge in [-0.25, -0.2) is 0 Å². The van der Waals surface area contributed by atoms with Gasteiger partial charge in [0.05, 0.1) is 0 Å². The smallest absolute Gasteiger partial charge is 0.0213 e. The maximum Gasteiger partial charge on any atom is 0.0213 e. The van der Waals surface area contributed by atoms with Crippen LogP contribution in [0.4, 0.5) is 0 Å². The summed E-state index contributed by atoms with van der Waals surface area (Å²) in [5.74, 6) is 0. The Morgan fingerprint density at radius 3 is 2.14 bits per heavy atom. The summed E-state index contributed by atoms with van der Waals surface area (Å²) in [6.45, 7) is 5.74. The standard InChI is InChI=1S/C12H24N2/c1-10(2)14(3)9-8-11(4-5-11)12(13)6-7-12/h10H,4-9,13H2,1-3H3. The predicted octanol–water partition coefficient (Wildman–Crippen LogP) is 1.99. The van der Waals surface area contributed by atoms with Gasteiger partial charge in [-0.05, 0) is 65.0 Å². The molecule has 0 bridgehead atoms.